The van der Waals surface area contributed by atoms with Crippen molar-refractivity contribution in [3.63, 3.8) is 0 Å². The summed E-state index contributed by atoms with van der Waals surface area (Å²) in [6, 6.07) is 11.4. The van der Waals surface area contributed by atoms with E-state index in [1.54, 1.807) is 51.6 Å². The first kappa shape index (κ1) is 21.4. The van der Waals surface area contributed by atoms with Gasteiger partial charge in [0.1, 0.15) is 5.56 Å². The molecule has 10 heteroatoms. The van der Waals surface area contributed by atoms with Crippen molar-refractivity contribution in [3.05, 3.63) is 84.4 Å². The number of aromatic nitrogens is 4. The third kappa shape index (κ3) is 3.56. The standard InChI is InChI=1S/C22H20ClN5O4/c1-3-26-17-10-7-14(11-18(17)27(4-2)22(26)32)24-12-16-19(29)25-21(31)28(20(16)30)15-8-5-13(23)6-9-15/h5-12,30H,3-4H2,1-2H3,(H,25,29,31). The van der Waals surface area contributed by atoms with Gasteiger partial charge < -0.3 is 5.11 Å². The second kappa shape index (κ2) is 8.35. The molecule has 0 atom stereocenters. The van der Waals surface area contributed by atoms with Crippen LogP contribution in [0.15, 0.2) is 61.8 Å². The van der Waals surface area contributed by atoms with Gasteiger partial charge in [-0.25, -0.2) is 14.2 Å². The number of H-pyrrole nitrogens is 1. The molecule has 2 aromatic carbocycles. The van der Waals surface area contributed by atoms with Gasteiger partial charge in [0.15, 0.2) is 0 Å². The molecule has 0 unspecified atom stereocenters. The van der Waals surface area contributed by atoms with Gasteiger partial charge in [-0.15, -0.1) is 0 Å². The lowest BCUT2D eigenvalue weighted by Crippen LogP contribution is -2.31. The highest BCUT2D eigenvalue weighted by molar-refractivity contribution is 6.30. The number of aromatic hydroxyl groups is 1. The number of fused-ring (bicyclic) bond motifs is 1. The zero-order valence-corrected chi connectivity index (χ0v) is 18.1. The Kier molecular flexibility index (Phi) is 5.58. The van der Waals surface area contributed by atoms with E-state index in [4.69, 9.17) is 11.6 Å². The molecule has 0 spiro atoms. The summed E-state index contributed by atoms with van der Waals surface area (Å²) in [5.41, 5.74) is 0.474. The third-order valence-corrected chi connectivity index (χ3v) is 5.44. The van der Waals surface area contributed by atoms with Gasteiger partial charge in [0.25, 0.3) is 5.56 Å². The van der Waals surface area contributed by atoms with Gasteiger partial charge in [-0.1, -0.05) is 11.6 Å². The molecule has 164 valence electrons. The molecular weight excluding hydrogens is 434 g/mol. The maximum atomic E-state index is 12.5. The number of imidazole rings is 1. The Morgan fingerprint density at radius 3 is 2.31 bits per heavy atom. The zero-order valence-electron chi connectivity index (χ0n) is 17.4. The second-order valence-corrected chi connectivity index (χ2v) is 7.45. The Bertz CT molecular complexity index is 1520. The van der Waals surface area contributed by atoms with Gasteiger partial charge in [0, 0.05) is 24.3 Å². The number of benzene rings is 2. The van der Waals surface area contributed by atoms with Gasteiger partial charge in [-0.3, -0.25) is 23.9 Å². The Balaban J connectivity index is 1.81. The van der Waals surface area contributed by atoms with Gasteiger partial charge >= 0.3 is 11.4 Å². The normalized spacial score (nSPS) is 11.6. The van der Waals surface area contributed by atoms with Crippen LogP contribution in [-0.2, 0) is 13.1 Å². The van der Waals surface area contributed by atoms with Crippen LogP contribution >= 0.6 is 11.6 Å². The number of hydrogen-bond donors (Lipinski definition) is 2. The maximum absolute atomic E-state index is 12.5. The van der Waals surface area contributed by atoms with Gasteiger partial charge in [-0.05, 0) is 56.3 Å². The van der Waals surface area contributed by atoms with Crippen molar-refractivity contribution in [1.29, 1.82) is 0 Å². The van der Waals surface area contributed by atoms with E-state index in [1.165, 1.54) is 6.21 Å². The summed E-state index contributed by atoms with van der Waals surface area (Å²) in [6.07, 6.45) is 1.19. The fourth-order valence-electron chi connectivity index (χ4n) is 3.62. The first-order chi connectivity index (χ1) is 15.3. The quantitative estimate of drug-likeness (QED) is 0.452. The van der Waals surface area contributed by atoms with Crippen LogP contribution in [0.1, 0.15) is 19.4 Å². The van der Waals surface area contributed by atoms with Crippen molar-refractivity contribution < 1.29 is 5.11 Å². The molecular formula is C22H20ClN5O4. The predicted octanol–water partition coefficient (Wildman–Crippen LogP) is 2.79. The van der Waals surface area contributed by atoms with Crippen LogP contribution in [0.5, 0.6) is 5.88 Å². The van der Waals surface area contributed by atoms with Crippen LogP contribution < -0.4 is 16.9 Å². The van der Waals surface area contributed by atoms with Crippen molar-refractivity contribution in [2.24, 2.45) is 4.99 Å². The number of aryl methyl sites for hydroxylation is 2. The lowest BCUT2D eigenvalue weighted by atomic mass is 10.2. The summed E-state index contributed by atoms with van der Waals surface area (Å²) >= 11 is 5.88. The molecule has 4 rings (SSSR count). The first-order valence-electron chi connectivity index (χ1n) is 9.97. The monoisotopic (exact) mass is 453 g/mol. The van der Waals surface area contributed by atoms with Gasteiger partial charge in [0.2, 0.25) is 5.88 Å². The Labute approximate surface area is 186 Å². The highest BCUT2D eigenvalue weighted by Gasteiger charge is 2.15. The smallest absolute Gasteiger partial charge is 0.335 e. The average molecular weight is 454 g/mol. The summed E-state index contributed by atoms with van der Waals surface area (Å²) in [5.74, 6) is -0.548. The van der Waals surface area contributed by atoms with E-state index in [0.717, 1.165) is 15.6 Å². The zero-order chi connectivity index (χ0) is 23.0. The Morgan fingerprint density at radius 2 is 1.66 bits per heavy atom. The second-order valence-electron chi connectivity index (χ2n) is 7.01. The summed E-state index contributed by atoms with van der Waals surface area (Å²) < 4.78 is 4.27. The minimum Gasteiger partial charge on any atom is -0.493 e. The number of rotatable bonds is 5. The summed E-state index contributed by atoms with van der Waals surface area (Å²) in [4.78, 5) is 43.6. The van der Waals surface area contributed by atoms with Crippen LogP contribution in [-0.4, -0.2) is 30.0 Å². The van der Waals surface area contributed by atoms with Crippen molar-refractivity contribution in [2.45, 2.75) is 26.9 Å². The fraction of sp³-hybridized carbons (Fsp3) is 0.182. The minimum absolute atomic E-state index is 0.102. The van der Waals surface area contributed by atoms with Crippen LogP contribution in [0.3, 0.4) is 0 Å². The van der Waals surface area contributed by atoms with Crippen molar-refractivity contribution >= 4 is 34.5 Å². The molecule has 0 aliphatic carbocycles. The lowest BCUT2D eigenvalue weighted by molar-refractivity contribution is 0.430. The summed E-state index contributed by atoms with van der Waals surface area (Å²) in [6.45, 7) is 4.83. The molecule has 2 N–H and O–H groups in total. The number of hydrogen-bond acceptors (Lipinski definition) is 5. The molecule has 0 saturated carbocycles. The topological polar surface area (TPSA) is 114 Å². The number of aromatic amines is 1. The van der Waals surface area contributed by atoms with Gasteiger partial charge in [0.05, 0.1) is 22.4 Å². The summed E-state index contributed by atoms with van der Waals surface area (Å²) in [7, 11) is 0. The number of aliphatic imine (C=N–C) groups is 1. The van der Waals surface area contributed by atoms with E-state index in [9.17, 15) is 19.5 Å². The number of nitrogens with zero attached hydrogens (tertiary/aromatic N) is 4. The predicted molar refractivity (Wildman–Crippen MR) is 124 cm³/mol. The number of nitrogens with one attached hydrogen (secondary N) is 1. The Hall–Kier alpha value is -3.85. The van der Waals surface area contributed by atoms with Crippen molar-refractivity contribution in [3.8, 4) is 11.6 Å². The SMILES string of the molecule is CCn1c(=O)n(CC)c2cc(N=Cc3c(O)n(-c4ccc(Cl)cc4)c(=O)[nH]c3=O)ccc21. The largest absolute Gasteiger partial charge is 0.493 e. The van der Waals surface area contributed by atoms with Crippen molar-refractivity contribution in [2.75, 3.05) is 0 Å². The summed E-state index contributed by atoms with van der Waals surface area (Å²) in [5, 5.41) is 11.1. The van der Waals surface area contributed by atoms with Crippen LogP contribution in [0.4, 0.5) is 5.69 Å². The third-order valence-electron chi connectivity index (χ3n) is 5.18. The highest BCUT2D eigenvalue weighted by Crippen LogP contribution is 2.22. The minimum atomic E-state index is -0.790. The Morgan fingerprint density at radius 1 is 1.00 bits per heavy atom. The van der Waals surface area contributed by atoms with Crippen LogP contribution in [0.2, 0.25) is 5.02 Å². The molecule has 0 aliphatic rings. The molecule has 0 saturated heterocycles. The average Bonchev–Trinajstić information content (AvgIpc) is 3.04. The van der Waals surface area contributed by atoms with E-state index >= 15 is 0 Å². The van der Waals surface area contributed by atoms with Gasteiger partial charge in [-0.2, -0.15) is 0 Å². The van der Waals surface area contributed by atoms with E-state index in [-0.39, 0.29) is 11.3 Å². The molecule has 32 heavy (non-hydrogen) atoms. The first-order valence-corrected chi connectivity index (χ1v) is 10.3. The molecule has 0 amide bonds. The molecule has 0 radical (unpaired) electrons. The van der Waals surface area contributed by atoms with Crippen LogP contribution in [0, 0.1) is 0 Å². The van der Waals surface area contributed by atoms with E-state index in [2.05, 4.69) is 9.98 Å². The molecule has 4 aromatic rings. The molecule has 0 bridgehead atoms. The lowest BCUT2D eigenvalue weighted by Gasteiger charge is -2.09. The fourth-order valence-corrected chi connectivity index (χ4v) is 3.75. The van der Waals surface area contributed by atoms with Crippen LogP contribution in [0.25, 0.3) is 16.7 Å². The molecule has 0 aliphatic heterocycles. The molecule has 9 nitrogen and oxygen atoms in total. The molecule has 0 fully saturated rings. The van der Waals surface area contributed by atoms with E-state index in [1.807, 2.05) is 13.8 Å². The maximum Gasteiger partial charge on any atom is 0.335 e. The molecule has 2 heterocycles. The van der Waals surface area contributed by atoms with E-state index in [0.29, 0.717) is 29.5 Å². The number of halogens is 1. The van der Waals surface area contributed by atoms with E-state index < -0.39 is 17.1 Å². The highest BCUT2D eigenvalue weighted by atomic mass is 35.5. The van der Waals surface area contributed by atoms with Crippen molar-refractivity contribution in [1.82, 2.24) is 18.7 Å². The molecule has 2 aromatic heterocycles.